The van der Waals surface area contributed by atoms with Crippen LogP contribution in [-0.4, -0.2) is 46.5 Å². The Morgan fingerprint density at radius 3 is 2.75 bits per heavy atom. The molecule has 1 aliphatic heterocycles. The minimum absolute atomic E-state index is 0.116. The molecule has 0 radical (unpaired) electrons. The van der Waals surface area contributed by atoms with Crippen LogP contribution < -0.4 is 4.74 Å². The van der Waals surface area contributed by atoms with E-state index in [0.717, 1.165) is 22.5 Å². The molecule has 3 rings (SSSR count). The SMILES string of the molecule is COC(=O)C1Cc2nc[nH]c2CN1C(=O)COc1ccc(C)cc1C(C)(C)C. The number of aromatic amines is 1. The summed E-state index contributed by atoms with van der Waals surface area (Å²) in [5.41, 5.74) is 3.68. The number of amides is 1. The summed E-state index contributed by atoms with van der Waals surface area (Å²) < 4.78 is 10.8. The maximum absolute atomic E-state index is 12.9. The van der Waals surface area contributed by atoms with Gasteiger partial charge < -0.3 is 19.4 Å². The molecule has 0 fully saturated rings. The number of fused-ring (bicyclic) bond motifs is 1. The van der Waals surface area contributed by atoms with E-state index in [1.54, 1.807) is 6.33 Å². The maximum Gasteiger partial charge on any atom is 0.329 e. The number of carbonyl (C=O) groups excluding carboxylic acids is 2. The molecule has 7 nitrogen and oxygen atoms in total. The number of carbonyl (C=O) groups is 2. The van der Waals surface area contributed by atoms with Crippen molar-refractivity contribution in [1.82, 2.24) is 14.9 Å². The number of methoxy groups -OCH3 is 1. The van der Waals surface area contributed by atoms with E-state index in [-0.39, 0.29) is 24.5 Å². The van der Waals surface area contributed by atoms with Crippen LogP contribution in [0.4, 0.5) is 0 Å². The fourth-order valence-corrected chi connectivity index (χ4v) is 3.42. The van der Waals surface area contributed by atoms with Crippen LogP contribution in [0.3, 0.4) is 0 Å². The first-order chi connectivity index (χ1) is 13.2. The number of imidazole rings is 1. The minimum Gasteiger partial charge on any atom is -0.483 e. The zero-order valence-electron chi connectivity index (χ0n) is 17.0. The topological polar surface area (TPSA) is 84.5 Å². The number of aryl methyl sites for hydroxylation is 1. The zero-order valence-corrected chi connectivity index (χ0v) is 17.0. The fourth-order valence-electron chi connectivity index (χ4n) is 3.42. The summed E-state index contributed by atoms with van der Waals surface area (Å²) in [6.07, 6.45) is 1.90. The van der Waals surface area contributed by atoms with Gasteiger partial charge in [-0.25, -0.2) is 9.78 Å². The molecule has 1 aromatic carbocycles. The van der Waals surface area contributed by atoms with E-state index in [1.807, 2.05) is 19.1 Å². The molecule has 2 aromatic rings. The molecule has 1 amide bonds. The Morgan fingerprint density at radius 1 is 1.32 bits per heavy atom. The number of esters is 1. The molecule has 28 heavy (non-hydrogen) atoms. The van der Waals surface area contributed by atoms with Gasteiger partial charge in [-0.1, -0.05) is 38.5 Å². The number of nitrogens with zero attached hydrogens (tertiary/aromatic N) is 2. The normalized spacial score (nSPS) is 16.5. The van der Waals surface area contributed by atoms with Gasteiger partial charge in [0.15, 0.2) is 6.61 Å². The second-order valence-corrected chi connectivity index (χ2v) is 8.13. The Balaban J connectivity index is 1.78. The summed E-state index contributed by atoms with van der Waals surface area (Å²) in [5, 5.41) is 0. The van der Waals surface area contributed by atoms with Crippen LogP contribution in [0.2, 0.25) is 0 Å². The number of hydrogen-bond acceptors (Lipinski definition) is 5. The first kappa shape index (κ1) is 19.9. The van der Waals surface area contributed by atoms with Crippen LogP contribution in [0.1, 0.15) is 43.3 Å². The van der Waals surface area contributed by atoms with Crippen LogP contribution in [-0.2, 0) is 32.7 Å². The van der Waals surface area contributed by atoms with Gasteiger partial charge in [-0.05, 0) is 24.0 Å². The van der Waals surface area contributed by atoms with Crippen LogP contribution in [0.25, 0.3) is 0 Å². The molecule has 2 heterocycles. The standard InChI is InChI=1S/C21H27N3O4/c1-13-6-7-18(14(8-13)21(2,3)4)28-11-19(25)24-10-16-15(22-12-23-16)9-17(24)20(26)27-5/h6-8,12,17H,9-11H2,1-5H3,(H,22,23). The van der Waals surface area contributed by atoms with Crippen molar-refractivity contribution in [2.45, 2.75) is 52.1 Å². The van der Waals surface area contributed by atoms with Gasteiger partial charge in [0.25, 0.3) is 5.91 Å². The Hall–Kier alpha value is -2.83. The molecule has 1 N–H and O–H groups in total. The molecular weight excluding hydrogens is 358 g/mol. The Kier molecular flexibility index (Phi) is 5.45. The van der Waals surface area contributed by atoms with Crippen molar-refractivity contribution in [3.8, 4) is 5.75 Å². The van der Waals surface area contributed by atoms with Gasteiger partial charge >= 0.3 is 5.97 Å². The van der Waals surface area contributed by atoms with Crippen molar-refractivity contribution in [1.29, 1.82) is 0 Å². The van der Waals surface area contributed by atoms with Crippen molar-refractivity contribution < 1.29 is 19.1 Å². The molecule has 0 bridgehead atoms. The third-order valence-electron chi connectivity index (χ3n) is 4.99. The monoisotopic (exact) mass is 385 g/mol. The highest BCUT2D eigenvalue weighted by molar-refractivity contribution is 5.86. The summed E-state index contributed by atoms with van der Waals surface area (Å²) in [7, 11) is 1.32. The van der Waals surface area contributed by atoms with Gasteiger partial charge in [0.2, 0.25) is 0 Å². The molecule has 1 aromatic heterocycles. The minimum atomic E-state index is -0.697. The highest BCUT2D eigenvalue weighted by Gasteiger charge is 2.37. The number of rotatable bonds is 4. The van der Waals surface area contributed by atoms with Gasteiger partial charge in [0, 0.05) is 6.42 Å². The first-order valence-electron chi connectivity index (χ1n) is 9.33. The summed E-state index contributed by atoms with van der Waals surface area (Å²) in [6.45, 7) is 8.47. The average Bonchev–Trinajstić information content (AvgIpc) is 3.11. The molecule has 0 spiro atoms. The third-order valence-corrected chi connectivity index (χ3v) is 4.99. The molecule has 0 saturated heterocycles. The number of H-pyrrole nitrogens is 1. The first-order valence-corrected chi connectivity index (χ1v) is 9.33. The smallest absolute Gasteiger partial charge is 0.329 e. The molecule has 1 aliphatic rings. The quantitative estimate of drug-likeness (QED) is 0.818. The Morgan fingerprint density at radius 2 is 2.07 bits per heavy atom. The van der Waals surface area contributed by atoms with Crippen molar-refractivity contribution in [2.24, 2.45) is 0 Å². The average molecular weight is 385 g/mol. The number of benzene rings is 1. The predicted octanol–water partition coefficient (Wildman–Crippen LogP) is 2.52. The lowest BCUT2D eigenvalue weighted by molar-refractivity contribution is -0.154. The van der Waals surface area contributed by atoms with Crippen LogP contribution in [0.15, 0.2) is 24.5 Å². The van der Waals surface area contributed by atoms with Crippen molar-refractivity contribution in [3.05, 3.63) is 47.0 Å². The summed E-state index contributed by atoms with van der Waals surface area (Å²) in [4.78, 5) is 33.9. The van der Waals surface area contributed by atoms with E-state index in [0.29, 0.717) is 12.2 Å². The highest BCUT2D eigenvalue weighted by Crippen LogP contribution is 2.32. The second kappa shape index (κ2) is 7.66. The fraction of sp³-hybridized carbons (Fsp3) is 0.476. The molecule has 1 atom stereocenters. The summed E-state index contributed by atoms with van der Waals surface area (Å²) in [5.74, 6) is -0.0379. The van der Waals surface area contributed by atoms with Gasteiger partial charge in [-0.3, -0.25) is 4.79 Å². The summed E-state index contributed by atoms with van der Waals surface area (Å²) in [6, 6.07) is 5.24. The van der Waals surface area contributed by atoms with E-state index < -0.39 is 12.0 Å². The maximum atomic E-state index is 12.9. The lowest BCUT2D eigenvalue weighted by Gasteiger charge is -2.33. The van der Waals surface area contributed by atoms with E-state index in [2.05, 4.69) is 36.8 Å². The predicted molar refractivity (Wildman–Crippen MR) is 104 cm³/mol. The number of ether oxygens (including phenoxy) is 2. The van der Waals surface area contributed by atoms with Gasteiger partial charge in [0.05, 0.1) is 31.4 Å². The van der Waals surface area contributed by atoms with Crippen molar-refractivity contribution in [3.63, 3.8) is 0 Å². The number of aromatic nitrogens is 2. The Labute approximate surface area is 165 Å². The Bertz CT molecular complexity index is 882. The largest absolute Gasteiger partial charge is 0.483 e. The van der Waals surface area contributed by atoms with Gasteiger partial charge in [-0.15, -0.1) is 0 Å². The lowest BCUT2D eigenvalue weighted by Crippen LogP contribution is -2.50. The lowest BCUT2D eigenvalue weighted by atomic mass is 9.85. The van der Waals surface area contributed by atoms with Gasteiger partial charge in [0.1, 0.15) is 11.8 Å². The number of hydrogen-bond donors (Lipinski definition) is 1. The van der Waals surface area contributed by atoms with Crippen molar-refractivity contribution >= 4 is 11.9 Å². The second-order valence-electron chi connectivity index (χ2n) is 8.13. The van der Waals surface area contributed by atoms with Crippen LogP contribution in [0.5, 0.6) is 5.75 Å². The molecule has 0 saturated carbocycles. The summed E-state index contributed by atoms with van der Waals surface area (Å²) >= 11 is 0. The number of nitrogens with one attached hydrogen (secondary N) is 1. The van der Waals surface area contributed by atoms with E-state index in [1.165, 1.54) is 12.0 Å². The zero-order chi connectivity index (χ0) is 20.5. The molecular formula is C21H27N3O4. The van der Waals surface area contributed by atoms with Crippen molar-refractivity contribution in [2.75, 3.05) is 13.7 Å². The third kappa shape index (κ3) is 4.03. The molecule has 7 heteroatoms. The van der Waals surface area contributed by atoms with Crippen LogP contribution in [0, 0.1) is 6.92 Å². The van der Waals surface area contributed by atoms with E-state index >= 15 is 0 Å². The molecule has 0 aliphatic carbocycles. The van der Waals surface area contributed by atoms with E-state index in [9.17, 15) is 9.59 Å². The molecule has 1 unspecified atom stereocenters. The highest BCUT2D eigenvalue weighted by atomic mass is 16.5. The van der Waals surface area contributed by atoms with Gasteiger partial charge in [-0.2, -0.15) is 0 Å². The van der Waals surface area contributed by atoms with E-state index in [4.69, 9.17) is 9.47 Å². The van der Waals surface area contributed by atoms with Crippen LogP contribution >= 0.6 is 0 Å². The molecule has 150 valence electrons.